The number of nitrogens with zero attached hydrogens (tertiary/aromatic N) is 3. The molecule has 1 aliphatic rings. The molecule has 1 aromatic carbocycles. The number of rotatable bonds is 4. The lowest BCUT2D eigenvalue weighted by molar-refractivity contribution is 0.304. The summed E-state index contributed by atoms with van der Waals surface area (Å²) < 4.78 is 13.1. The van der Waals surface area contributed by atoms with E-state index in [-0.39, 0.29) is 35.8 Å². The SMILES string of the molecule is CN(C)C(CN=C(N)N1CCCCCC1)c1ccc(F)cc1.I. The van der Waals surface area contributed by atoms with Crippen LogP contribution in [0.2, 0.25) is 0 Å². The average molecular weight is 434 g/mol. The summed E-state index contributed by atoms with van der Waals surface area (Å²) in [6.07, 6.45) is 4.93. The van der Waals surface area contributed by atoms with Crippen molar-refractivity contribution in [2.45, 2.75) is 31.7 Å². The predicted octanol–water partition coefficient (Wildman–Crippen LogP) is 3.24. The number of likely N-dealkylation sites (tertiary alicyclic amines) is 1. The maximum Gasteiger partial charge on any atom is 0.191 e. The van der Waals surface area contributed by atoms with Gasteiger partial charge in [0.05, 0.1) is 12.6 Å². The number of nitrogens with two attached hydrogens (primary N) is 1. The van der Waals surface area contributed by atoms with Gasteiger partial charge in [-0.05, 0) is 44.6 Å². The van der Waals surface area contributed by atoms with Gasteiger partial charge in [-0.15, -0.1) is 24.0 Å². The fourth-order valence-corrected chi connectivity index (χ4v) is 2.83. The quantitative estimate of drug-likeness (QED) is 0.450. The number of hydrogen-bond donors (Lipinski definition) is 1. The van der Waals surface area contributed by atoms with Crippen LogP contribution < -0.4 is 5.73 Å². The Labute approximate surface area is 156 Å². The number of guanidine groups is 1. The molecular formula is C17H28FIN4. The molecule has 23 heavy (non-hydrogen) atoms. The molecule has 1 atom stereocenters. The van der Waals surface area contributed by atoms with Gasteiger partial charge in [-0.3, -0.25) is 4.99 Å². The zero-order valence-electron chi connectivity index (χ0n) is 14.0. The fourth-order valence-electron chi connectivity index (χ4n) is 2.83. The summed E-state index contributed by atoms with van der Waals surface area (Å²) in [7, 11) is 4.01. The Morgan fingerprint density at radius 3 is 2.26 bits per heavy atom. The molecule has 0 amide bonds. The van der Waals surface area contributed by atoms with Gasteiger partial charge in [0.15, 0.2) is 5.96 Å². The van der Waals surface area contributed by atoms with E-state index < -0.39 is 0 Å². The van der Waals surface area contributed by atoms with Crippen molar-refractivity contribution < 1.29 is 4.39 Å². The predicted molar refractivity (Wildman–Crippen MR) is 105 cm³/mol. The van der Waals surface area contributed by atoms with Crippen LogP contribution in [0.5, 0.6) is 0 Å². The summed E-state index contributed by atoms with van der Waals surface area (Å²) in [6.45, 7) is 2.58. The van der Waals surface area contributed by atoms with Gasteiger partial charge in [0, 0.05) is 13.1 Å². The minimum absolute atomic E-state index is 0. The van der Waals surface area contributed by atoms with Crippen LogP contribution in [0.1, 0.15) is 37.3 Å². The summed E-state index contributed by atoms with van der Waals surface area (Å²) in [5, 5.41) is 0. The molecule has 130 valence electrons. The van der Waals surface area contributed by atoms with Gasteiger partial charge in [0.25, 0.3) is 0 Å². The molecule has 1 aliphatic heterocycles. The van der Waals surface area contributed by atoms with E-state index in [0.29, 0.717) is 12.5 Å². The molecule has 1 unspecified atom stereocenters. The first-order valence-corrected chi connectivity index (χ1v) is 8.04. The van der Waals surface area contributed by atoms with Crippen LogP contribution in [0, 0.1) is 5.82 Å². The number of hydrogen-bond acceptors (Lipinski definition) is 2. The molecule has 0 aliphatic carbocycles. The van der Waals surface area contributed by atoms with Crippen LogP contribution in [0.15, 0.2) is 29.3 Å². The third kappa shape index (κ3) is 6.25. The number of aliphatic imine (C=N–C) groups is 1. The Bertz CT molecular complexity index is 482. The van der Waals surface area contributed by atoms with Crippen molar-refractivity contribution >= 4 is 29.9 Å². The molecule has 0 saturated carbocycles. The first kappa shape index (κ1) is 20.2. The third-order valence-corrected chi connectivity index (χ3v) is 4.23. The molecule has 1 fully saturated rings. The number of benzene rings is 1. The van der Waals surface area contributed by atoms with Crippen molar-refractivity contribution in [3.8, 4) is 0 Å². The van der Waals surface area contributed by atoms with Crippen molar-refractivity contribution in [3.05, 3.63) is 35.6 Å². The van der Waals surface area contributed by atoms with E-state index in [2.05, 4.69) is 14.8 Å². The monoisotopic (exact) mass is 434 g/mol. The Balaban J connectivity index is 0.00000264. The normalized spacial score (nSPS) is 17.6. The molecule has 0 radical (unpaired) electrons. The Kier molecular flexibility index (Phi) is 8.83. The van der Waals surface area contributed by atoms with E-state index in [9.17, 15) is 4.39 Å². The molecule has 0 bridgehead atoms. The second-order valence-corrected chi connectivity index (χ2v) is 6.13. The molecule has 6 heteroatoms. The average Bonchev–Trinajstić information content (AvgIpc) is 2.78. The van der Waals surface area contributed by atoms with Crippen LogP contribution in [0.3, 0.4) is 0 Å². The Morgan fingerprint density at radius 1 is 1.17 bits per heavy atom. The lowest BCUT2D eigenvalue weighted by atomic mass is 10.1. The largest absolute Gasteiger partial charge is 0.370 e. The number of likely N-dealkylation sites (N-methyl/N-ethyl adjacent to an activating group) is 1. The van der Waals surface area contributed by atoms with Crippen LogP contribution in [-0.2, 0) is 0 Å². The van der Waals surface area contributed by atoms with E-state index in [1.807, 2.05) is 26.2 Å². The summed E-state index contributed by atoms with van der Waals surface area (Å²) in [4.78, 5) is 8.87. The van der Waals surface area contributed by atoms with Crippen LogP contribution >= 0.6 is 24.0 Å². The highest BCUT2D eigenvalue weighted by atomic mass is 127. The Hall–Kier alpha value is -0.890. The molecule has 2 N–H and O–H groups in total. The van der Waals surface area contributed by atoms with E-state index in [1.165, 1.54) is 37.8 Å². The summed E-state index contributed by atoms with van der Waals surface area (Å²) >= 11 is 0. The summed E-state index contributed by atoms with van der Waals surface area (Å²) in [6, 6.07) is 6.72. The minimum Gasteiger partial charge on any atom is -0.370 e. The molecule has 1 heterocycles. The zero-order valence-corrected chi connectivity index (χ0v) is 16.4. The van der Waals surface area contributed by atoms with E-state index >= 15 is 0 Å². The molecule has 4 nitrogen and oxygen atoms in total. The van der Waals surface area contributed by atoms with E-state index in [1.54, 1.807) is 0 Å². The number of halogens is 2. The molecular weight excluding hydrogens is 406 g/mol. The highest BCUT2D eigenvalue weighted by molar-refractivity contribution is 14.0. The van der Waals surface area contributed by atoms with Crippen LogP contribution in [-0.4, -0.2) is 49.5 Å². The summed E-state index contributed by atoms with van der Waals surface area (Å²) in [5.41, 5.74) is 7.22. The van der Waals surface area contributed by atoms with Crippen molar-refractivity contribution in [3.63, 3.8) is 0 Å². The molecule has 2 rings (SSSR count). The van der Waals surface area contributed by atoms with Gasteiger partial charge >= 0.3 is 0 Å². The highest BCUT2D eigenvalue weighted by Gasteiger charge is 2.15. The third-order valence-electron chi connectivity index (χ3n) is 4.23. The fraction of sp³-hybridized carbons (Fsp3) is 0.588. The molecule has 1 saturated heterocycles. The van der Waals surface area contributed by atoms with Crippen LogP contribution in [0.25, 0.3) is 0 Å². The van der Waals surface area contributed by atoms with Crippen LogP contribution in [0.4, 0.5) is 4.39 Å². The smallest absolute Gasteiger partial charge is 0.191 e. The second kappa shape index (κ2) is 10.1. The van der Waals surface area contributed by atoms with E-state index in [0.717, 1.165) is 18.7 Å². The maximum absolute atomic E-state index is 13.1. The second-order valence-electron chi connectivity index (χ2n) is 6.13. The van der Waals surface area contributed by atoms with Gasteiger partial charge in [-0.25, -0.2) is 4.39 Å². The van der Waals surface area contributed by atoms with Gasteiger partial charge in [-0.2, -0.15) is 0 Å². The van der Waals surface area contributed by atoms with Gasteiger partial charge in [0.1, 0.15) is 5.82 Å². The standard InChI is InChI=1S/C17H27FN4.HI/c1-21(2)16(14-7-9-15(18)10-8-14)13-20-17(19)22-11-5-3-4-6-12-22;/h7-10,16H,3-6,11-13H2,1-2H3,(H2,19,20);1H. The highest BCUT2D eigenvalue weighted by Crippen LogP contribution is 2.19. The van der Waals surface area contributed by atoms with Gasteiger partial charge in [0.2, 0.25) is 0 Å². The molecule has 1 aromatic rings. The first-order chi connectivity index (χ1) is 10.6. The Morgan fingerprint density at radius 2 is 1.74 bits per heavy atom. The lowest BCUT2D eigenvalue weighted by Gasteiger charge is -2.25. The van der Waals surface area contributed by atoms with Crippen molar-refractivity contribution in [1.29, 1.82) is 0 Å². The van der Waals surface area contributed by atoms with Crippen molar-refractivity contribution in [1.82, 2.24) is 9.80 Å². The first-order valence-electron chi connectivity index (χ1n) is 8.04. The van der Waals surface area contributed by atoms with Gasteiger partial charge in [-0.1, -0.05) is 25.0 Å². The lowest BCUT2D eigenvalue weighted by Crippen LogP contribution is -2.38. The van der Waals surface area contributed by atoms with E-state index in [4.69, 9.17) is 5.73 Å². The molecule has 0 aromatic heterocycles. The maximum atomic E-state index is 13.1. The van der Waals surface area contributed by atoms with Crippen molar-refractivity contribution in [2.24, 2.45) is 10.7 Å². The van der Waals surface area contributed by atoms with Crippen molar-refractivity contribution in [2.75, 3.05) is 33.7 Å². The zero-order chi connectivity index (χ0) is 15.9. The molecule has 0 spiro atoms. The topological polar surface area (TPSA) is 44.9 Å². The minimum atomic E-state index is -0.214. The van der Waals surface area contributed by atoms with Gasteiger partial charge < -0.3 is 15.5 Å². The summed E-state index contributed by atoms with van der Waals surface area (Å²) in [5.74, 6) is 0.421.